The number of carboxylic acids is 1. The highest BCUT2D eigenvalue weighted by molar-refractivity contribution is 5.70. The smallest absolute Gasteiger partial charge is 0.410 e. The number of likely N-dealkylation sites (tertiary alicyclic amines) is 1. The van der Waals surface area contributed by atoms with Gasteiger partial charge >= 0.3 is 12.1 Å². The molecule has 0 aromatic carbocycles. The van der Waals surface area contributed by atoms with Crippen LogP contribution < -0.4 is 0 Å². The lowest BCUT2D eigenvalue weighted by Gasteiger charge is -2.59. The van der Waals surface area contributed by atoms with Gasteiger partial charge in [0.05, 0.1) is 26.1 Å². The van der Waals surface area contributed by atoms with Gasteiger partial charge in [0.25, 0.3) is 0 Å². The number of hydrogen-bond donors (Lipinski definition) is 1. The van der Waals surface area contributed by atoms with Crippen molar-refractivity contribution in [1.29, 1.82) is 0 Å². The molecule has 1 atom stereocenters. The van der Waals surface area contributed by atoms with Gasteiger partial charge in [0.2, 0.25) is 0 Å². The average molecular weight is 257 g/mol. The number of carbonyl (C=O) groups is 2. The molecule has 0 aromatic rings. The zero-order valence-corrected chi connectivity index (χ0v) is 10.9. The summed E-state index contributed by atoms with van der Waals surface area (Å²) >= 11 is 0. The van der Waals surface area contributed by atoms with Crippen LogP contribution in [-0.4, -0.2) is 53.0 Å². The Morgan fingerprint density at radius 3 is 2.44 bits per heavy atom. The number of carbonyl (C=O) groups excluding carboxylic acids is 1. The lowest BCUT2D eigenvalue weighted by molar-refractivity contribution is -0.262. The number of carboxylic acid groups (broad SMARTS) is 1. The van der Waals surface area contributed by atoms with E-state index in [4.69, 9.17) is 14.6 Å². The molecule has 0 saturated carbocycles. The first-order valence-electron chi connectivity index (χ1n) is 6.05. The van der Waals surface area contributed by atoms with Gasteiger partial charge in [-0.05, 0) is 20.8 Å². The monoisotopic (exact) mass is 257 g/mol. The van der Waals surface area contributed by atoms with Gasteiger partial charge in [0, 0.05) is 5.92 Å². The molecular formula is C12H19NO5. The lowest BCUT2D eigenvalue weighted by Crippen LogP contribution is -2.74. The molecule has 0 aliphatic carbocycles. The number of nitrogens with zero attached hydrogens (tertiary/aromatic N) is 1. The second-order valence-electron chi connectivity index (χ2n) is 6.01. The fraction of sp³-hybridized carbons (Fsp3) is 0.833. The lowest BCUT2D eigenvalue weighted by atomic mass is 9.75. The van der Waals surface area contributed by atoms with Crippen LogP contribution in [0.15, 0.2) is 0 Å². The molecule has 6 nitrogen and oxygen atoms in total. The van der Waals surface area contributed by atoms with Crippen LogP contribution in [0.5, 0.6) is 0 Å². The summed E-state index contributed by atoms with van der Waals surface area (Å²) in [6.45, 7) is 6.77. The largest absolute Gasteiger partial charge is 0.481 e. The molecule has 0 aromatic heterocycles. The van der Waals surface area contributed by atoms with Crippen LogP contribution in [0.3, 0.4) is 0 Å². The molecule has 6 heteroatoms. The van der Waals surface area contributed by atoms with E-state index in [0.717, 1.165) is 0 Å². The molecule has 2 fully saturated rings. The van der Waals surface area contributed by atoms with Crippen molar-refractivity contribution in [3.05, 3.63) is 0 Å². The van der Waals surface area contributed by atoms with E-state index in [-0.39, 0.29) is 18.4 Å². The van der Waals surface area contributed by atoms with Gasteiger partial charge in [-0.1, -0.05) is 0 Å². The van der Waals surface area contributed by atoms with Crippen LogP contribution in [0.2, 0.25) is 0 Å². The van der Waals surface area contributed by atoms with Crippen molar-refractivity contribution in [2.24, 2.45) is 5.92 Å². The maximum atomic E-state index is 11.7. The van der Waals surface area contributed by atoms with Gasteiger partial charge in [0.1, 0.15) is 11.2 Å². The fourth-order valence-electron chi connectivity index (χ4n) is 2.30. The molecule has 0 bridgehead atoms. The Labute approximate surface area is 106 Å². The van der Waals surface area contributed by atoms with Crippen LogP contribution in [-0.2, 0) is 14.3 Å². The minimum absolute atomic E-state index is 0.00804. The van der Waals surface area contributed by atoms with Crippen LogP contribution in [0.4, 0.5) is 4.79 Å². The first-order valence-corrected chi connectivity index (χ1v) is 6.05. The predicted octanol–water partition coefficient (Wildman–Crippen LogP) is 1.10. The first kappa shape index (κ1) is 13.1. The quantitative estimate of drug-likeness (QED) is 0.801. The third kappa shape index (κ3) is 2.43. The highest BCUT2D eigenvalue weighted by Gasteiger charge is 2.58. The molecule has 2 rings (SSSR count). The van der Waals surface area contributed by atoms with Crippen molar-refractivity contribution in [1.82, 2.24) is 4.90 Å². The van der Waals surface area contributed by atoms with E-state index in [1.807, 2.05) is 20.8 Å². The van der Waals surface area contributed by atoms with Crippen LogP contribution in [0, 0.1) is 5.92 Å². The van der Waals surface area contributed by atoms with E-state index >= 15 is 0 Å². The molecule has 1 amide bonds. The zero-order valence-electron chi connectivity index (χ0n) is 10.9. The van der Waals surface area contributed by atoms with Crippen molar-refractivity contribution in [3.8, 4) is 0 Å². The fourth-order valence-corrected chi connectivity index (χ4v) is 2.30. The third-order valence-electron chi connectivity index (χ3n) is 3.31. The van der Waals surface area contributed by atoms with Crippen molar-refractivity contribution < 1.29 is 24.2 Å². The summed E-state index contributed by atoms with van der Waals surface area (Å²) in [6, 6.07) is 0. The Morgan fingerprint density at radius 2 is 2.06 bits per heavy atom. The molecule has 18 heavy (non-hydrogen) atoms. The summed E-state index contributed by atoms with van der Waals surface area (Å²) in [5.41, 5.74) is -0.948. The normalized spacial score (nSPS) is 25.3. The maximum Gasteiger partial charge on any atom is 0.410 e. The summed E-state index contributed by atoms with van der Waals surface area (Å²) in [7, 11) is 0. The minimum Gasteiger partial charge on any atom is -0.481 e. The Balaban J connectivity index is 1.83. The molecule has 1 unspecified atom stereocenters. The number of ether oxygens (including phenoxy) is 2. The topological polar surface area (TPSA) is 76.1 Å². The standard InChI is InChI=1S/C12H19NO5/c1-11(2,3)18-10(16)13-6-12(7-13)8(5-17-12)4-9(14)15/h8H,4-7H2,1-3H3,(H,14,15). The SMILES string of the molecule is CC(C)(C)OC(=O)N1CC2(C1)OCC2CC(=O)O. The number of hydrogen-bond acceptors (Lipinski definition) is 4. The van der Waals surface area contributed by atoms with E-state index in [9.17, 15) is 9.59 Å². The van der Waals surface area contributed by atoms with E-state index in [2.05, 4.69) is 0 Å². The van der Waals surface area contributed by atoms with Crippen molar-refractivity contribution in [2.45, 2.75) is 38.4 Å². The van der Waals surface area contributed by atoms with Crippen molar-refractivity contribution >= 4 is 12.1 Å². The molecular weight excluding hydrogens is 238 g/mol. The molecule has 2 aliphatic heterocycles. The Bertz CT molecular complexity index is 367. The van der Waals surface area contributed by atoms with Gasteiger partial charge in [-0.15, -0.1) is 0 Å². The molecule has 102 valence electrons. The van der Waals surface area contributed by atoms with Crippen LogP contribution in [0.1, 0.15) is 27.2 Å². The summed E-state index contributed by atoms with van der Waals surface area (Å²) < 4.78 is 10.7. The molecule has 2 saturated heterocycles. The highest BCUT2D eigenvalue weighted by atomic mass is 16.6. The summed E-state index contributed by atoms with van der Waals surface area (Å²) in [4.78, 5) is 24.0. The van der Waals surface area contributed by atoms with E-state index in [0.29, 0.717) is 19.7 Å². The zero-order chi connectivity index (χ0) is 13.6. The van der Waals surface area contributed by atoms with E-state index in [1.54, 1.807) is 4.90 Å². The van der Waals surface area contributed by atoms with Gasteiger partial charge in [-0.3, -0.25) is 4.79 Å². The average Bonchev–Trinajstić information content (AvgIpc) is 2.07. The summed E-state index contributed by atoms with van der Waals surface area (Å²) in [6.07, 6.45) is -0.264. The molecule has 2 heterocycles. The predicted molar refractivity (Wildman–Crippen MR) is 62.2 cm³/mol. The Kier molecular flexibility index (Phi) is 3.01. The van der Waals surface area contributed by atoms with Crippen LogP contribution in [0.25, 0.3) is 0 Å². The molecule has 2 aliphatic rings. The molecule has 1 N–H and O–H groups in total. The van der Waals surface area contributed by atoms with Gasteiger partial charge in [0.15, 0.2) is 0 Å². The van der Waals surface area contributed by atoms with E-state index < -0.39 is 17.2 Å². The second-order valence-corrected chi connectivity index (χ2v) is 6.01. The molecule has 0 radical (unpaired) electrons. The Hall–Kier alpha value is -1.30. The number of aliphatic carboxylic acids is 1. The maximum absolute atomic E-state index is 11.7. The van der Waals surface area contributed by atoms with E-state index in [1.165, 1.54) is 0 Å². The summed E-state index contributed by atoms with van der Waals surface area (Å²) in [5, 5.41) is 8.77. The van der Waals surface area contributed by atoms with Crippen molar-refractivity contribution in [2.75, 3.05) is 19.7 Å². The van der Waals surface area contributed by atoms with Gasteiger partial charge in [-0.2, -0.15) is 0 Å². The summed E-state index contributed by atoms with van der Waals surface area (Å²) in [5.74, 6) is -0.813. The van der Waals surface area contributed by atoms with Crippen molar-refractivity contribution in [3.63, 3.8) is 0 Å². The first-order chi connectivity index (χ1) is 8.22. The number of rotatable bonds is 2. The van der Waals surface area contributed by atoms with Gasteiger partial charge < -0.3 is 19.5 Å². The third-order valence-corrected chi connectivity index (χ3v) is 3.31. The highest BCUT2D eigenvalue weighted by Crippen LogP contribution is 2.43. The van der Waals surface area contributed by atoms with Gasteiger partial charge in [-0.25, -0.2) is 4.79 Å². The van der Waals surface area contributed by atoms with Crippen LogP contribution >= 0.6 is 0 Å². The minimum atomic E-state index is -0.821. The molecule has 1 spiro atoms. The number of amides is 1. The Morgan fingerprint density at radius 1 is 1.44 bits per heavy atom. The second kappa shape index (κ2) is 4.12.